The Balaban J connectivity index is 1.20. The van der Waals surface area contributed by atoms with Gasteiger partial charge in [0.15, 0.2) is 0 Å². The summed E-state index contributed by atoms with van der Waals surface area (Å²) in [5.74, 6) is -0.444. The molecule has 0 unspecified atom stereocenters. The van der Waals surface area contributed by atoms with Gasteiger partial charge in [0.05, 0.1) is 7.11 Å². The Morgan fingerprint density at radius 1 is 1.06 bits per heavy atom. The molecule has 0 aliphatic heterocycles. The van der Waals surface area contributed by atoms with Crippen LogP contribution < -0.4 is 5.32 Å². The molecule has 0 saturated heterocycles. The van der Waals surface area contributed by atoms with Crippen molar-refractivity contribution in [2.75, 3.05) is 20.2 Å². The highest BCUT2D eigenvalue weighted by atomic mass is 16.6. The molecule has 7 nitrogen and oxygen atoms in total. The zero-order chi connectivity index (χ0) is 25.2. The van der Waals surface area contributed by atoms with Crippen molar-refractivity contribution >= 4 is 12.1 Å². The Hall–Kier alpha value is -2.93. The molecule has 1 N–H and O–H groups in total. The number of nitrogens with one attached hydrogen (secondary N) is 1. The lowest BCUT2D eigenvalue weighted by atomic mass is 9.95. The maximum atomic E-state index is 12.3. The molecule has 194 valence electrons. The van der Waals surface area contributed by atoms with Crippen LogP contribution in [0.3, 0.4) is 0 Å². The standard InChI is InChI=1S/C29H39N3O4/c1-35-28(33)27(31-29(34)36-21-22-9-3-2-4-10-22)18-20-32(25-16-17-25)19-8-7-12-24-15-14-23-11-5-6-13-26(23)30-24/h2-4,9-10,14-15,25,27H,5-8,11-13,16-21H2,1H3,(H,31,34)/t27-/m0/s1. The molecule has 1 fully saturated rings. The summed E-state index contributed by atoms with van der Waals surface area (Å²) < 4.78 is 10.2. The smallest absolute Gasteiger partial charge is 0.408 e. The van der Waals surface area contributed by atoms with E-state index < -0.39 is 18.1 Å². The summed E-state index contributed by atoms with van der Waals surface area (Å²) in [7, 11) is 1.35. The Morgan fingerprint density at radius 2 is 1.86 bits per heavy atom. The van der Waals surface area contributed by atoms with Crippen LogP contribution in [0.4, 0.5) is 4.79 Å². The molecule has 36 heavy (non-hydrogen) atoms. The Bertz CT molecular complexity index is 993. The second-order valence-electron chi connectivity index (χ2n) is 9.91. The van der Waals surface area contributed by atoms with Crippen molar-refractivity contribution in [3.63, 3.8) is 0 Å². The lowest BCUT2D eigenvalue weighted by Crippen LogP contribution is -2.44. The van der Waals surface area contributed by atoms with Crippen molar-refractivity contribution < 1.29 is 19.1 Å². The number of hydrogen-bond acceptors (Lipinski definition) is 6. The Morgan fingerprint density at radius 3 is 2.64 bits per heavy atom. The quantitative estimate of drug-likeness (QED) is 0.324. The molecule has 0 spiro atoms. The fourth-order valence-electron chi connectivity index (χ4n) is 4.90. The van der Waals surface area contributed by atoms with E-state index in [-0.39, 0.29) is 6.61 Å². The van der Waals surface area contributed by atoms with E-state index in [0.29, 0.717) is 12.5 Å². The van der Waals surface area contributed by atoms with Gasteiger partial charge in [-0.15, -0.1) is 0 Å². The van der Waals surface area contributed by atoms with Crippen molar-refractivity contribution in [3.05, 3.63) is 65.0 Å². The summed E-state index contributed by atoms with van der Waals surface area (Å²) in [4.78, 5) is 32.0. The van der Waals surface area contributed by atoms with Crippen LogP contribution in [0.2, 0.25) is 0 Å². The largest absolute Gasteiger partial charge is 0.467 e. The second kappa shape index (κ2) is 13.4. The van der Waals surface area contributed by atoms with Crippen molar-refractivity contribution in [1.82, 2.24) is 15.2 Å². The number of alkyl carbamates (subject to hydrolysis) is 1. The highest BCUT2D eigenvalue weighted by Gasteiger charge is 2.30. The number of benzene rings is 1. The van der Waals surface area contributed by atoms with Crippen LogP contribution in [0.5, 0.6) is 0 Å². The number of esters is 1. The van der Waals surface area contributed by atoms with Crippen LogP contribution >= 0.6 is 0 Å². The van der Waals surface area contributed by atoms with Crippen LogP contribution in [0.15, 0.2) is 42.5 Å². The molecule has 7 heteroatoms. The molecule has 1 saturated carbocycles. The summed E-state index contributed by atoms with van der Waals surface area (Å²) in [5, 5.41) is 2.70. The van der Waals surface area contributed by atoms with E-state index in [1.165, 1.54) is 56.2 Å². The summed E-state index contributed by atoms with van der Waals surface area (Å²) in [6, 6.07) is 13.8. The lowest BCUT2D eigenvalue weighted by molar-refractivity contribution is -0.143. The number of fused-ring (bicyclic) bond motifs is 1. The van der Waals surface area contributed by atoms with Gasteiger partial charge in [-0.3, -0.25) is 4.98 Å². The lowest BCUT2D eigenvalue weighted by Gasteiger charge is -2.24. The van der Waals surface area contributed by atoms with Crippen LogP contribution in [-0.2, 0) is 40.1 Å². The number of methoxy groups -OCH3 is 1. The average molecular weight is 494 g/mol. The number of carbonyl (C=O) groups is 2. The average Bonchev–Trinajstić information content (AvgIpc) is 3.76. The van der Waals surface area contributed by atoms with Gasteiger partial charge in [-0.1, -0.05) is 36.4 Å². The minimum absolute atomic E-state index is 0.161. The molecule has 2 aliphatic rings. The normalized spacial score (nSPS) is 15.7. The van der Waals surface area contributed by atoms with Gasteiger partial charge in [0.1, 0.15) is 12.6 Å². The monoisotopic (exact) mass is 493 g/mol. The molecule has 2 aliphatic carbocycles. The predicted molar refractivity (Wildman–Crippen MR) is 139 cm³/mol. The number of aryl methyl sites for hydroxylation is 3. The fourth-order valence-corrected chi connectivity index (χ4v) is 4.90. The third kappa shape index (κ3) is 8.05. The number of pyridine rings is 1. The number of ether oxygens (including phenoxy) is 2. The van der Waals surface area contributed by atoms with Crippen LogP contribution in [-0.4, -0.2) is 54.2 Å². The third-order valence-electron chi connectivity index (χ3n) is 7.12. The van der Waals surface area contributed by atoms with Crippen molar-refractivity contribution in [1.29, 1.82) is 0 Å². The van der Waals surface area contributed by atoms with E-state index in [1.807, 2.05) is 30.3 Å². The molecule has 1 aromatic carbocycles. The second-order valence-corrected chi connectivity index (χ2v) is 9.91. The van der Waals surface area contributed by atoms with Crippen molar-refractivity contribution in [2.24, 2.45) is 0 Å². The van der Waals surface area contributed by atoms with Gasteiger partial charge in [-0.2, -0.15) is 0 Å². The number of carbonyl (C=O) groups excluding carboxylic acids is 2. The highest BCUT2D eigenvalue weighted by molar-refractivity contribution is 5.81. The minimum atomic E-state index is -0.723. The molecule has 2 aromatic rings. The minimum Gasteiger partial charge on any atom is -0.467 e. The molecule has 0 bridgehead atoms. The third-order valence-corrected chi connectivity index (χ3v) is 7.12. The first-order valence-corrected chi connectivity index (χ1v) is 13.4. The highest BCUT2D eigenvalue weighted by Crippen LogP contribution is 2.27. The molecular weight excluding hydrogens is 454 g/mol. The van der Waals surface area contributed by atoms with Gasteiger partial charge in [0, 0.05) is 24.0 Å². The summed E-state index contributed by atoms with van der Waals surface area (Å²) in [5.41, 5.74) is 4.84. The zero-order valence-corrected chi connectivity index (χ0v) is 21.4. The molecule has 1 amide bonds. The summed E-state index contributed by atoms with van der Waals surface area (Å²) in [6.07, 6.45) is 10.3. The van der Waals surface area contributed by atoms with Crippen LogP contribution in [0.25, 0.3) is 0 Å². The fraction of sp³-hybridized carbons (Fsp3) is 0.552. The zero-order valence-electron chi connectivity index (χ0n) is 21.4. The maximum Gasteiger partial charge on any atom is 0.408 e. The first-order valence-electron chi connectivity index (χ1n) is 13.4. The van der Waals surface area contributed by atoms with Crippen molar-refractivity contribution in [2.45, 2.75) is 82.9 Å². The molecule has 1 heterocycles. The van der Waals surface area contributed by atoms with E-state index in [0.717, 1.165) is 44.3 Å². The van der Waals surface area contributed by atoms with Crippen LogP contribution in [0.1, 0.15) is 67.5 Å². The van der Waals surface area contributed by atoms with Gasteiger partial charge >= 0.3 is 12.1 Å². The van der Waals surface area contributed by atoms with E-state index in [2.05, 4.69) is 22.3 Å². The topological polar surface area (TPSA) is 80.8 Å². The van der Waals surface area contributed by atoms with E-state index in [1.54, 1.807) is 0 Å². The summed E-state index contributed by atoms with van der Waals surface area (Å²) in [6.45, 7) is 1.89. The number of rotatable bonds is 13. The van der Waals surface area contributed by atoms with Gasteiger partial charge in [0.2, 0.25) is 0 Å². The number of unbranched alkanes of at least 4 members (excludes halogenated alkanes) is 1. The first-order chi connectivity index (χ1) is 17.6. The van der Waals surface area contributed by atoms with E-state index in [9.17, 15) is 9.59 Å². The molecular formula is C29H39N3O4. The van der Waals surface area contributed by atoms with Crippen LogP contribution in [0, 0.1) is 0 Å². The van der Waals surface area contributed by atoms with E-state index >= 15 is 0 Å². The van der Waals surface area contributed by atoms with Gasteiger partial charge in [0.25, 0.3) is 0 Å². The SMILES string of the molecule is COC(=O)[C@H](CCN(CCCCc1ccc2c(n1)CCCC2)C1CC1)NC(=O)OCc1ccccc1. The molecule has 1 atom stereocenters. The van der Waals surface area contributed by atoms with Crippen molar-refractivity contribution in [3.8, 4) is 0 Å². The Kier molecular flexibility index (Phi) is 9.73. The number of amides is 1. The molecule has 4 rings (SSSR count). The van der Waals surface area contributed by atoms with E-state index in [4.69, 9.17) is 14.5 Å². The van der Waals surface area contributed by atoms with Gasteiger partial charge in [-0.25, -0.2) is 9.59 Å². The molecule has 1 aromatic heterocycles. The number of nitrogens with zero attached hydrogens (tertiary/aromatic N) is 2. The molecule has 0 radical (unpaired) electrons. The maximum absolute atomic E-state index is 12.3. The van der Waals surface area contributed by atoms with Gasteiger partial charge < -0.3 is 19.7 Å². The first kappa shape index (κ1) is 26.1. The number of hydrogen-bond donors (Lipinski definition) is 1. The number of aromatic nitrogens is 1. The predicted octanol–water partition coefficient (Wildman–Crippen LogP) is 4.61. The summed E-state index contributed by atoms with van der Waals surface area (Å²) >= 11 is 0. The van der Waals surface area contributed by atoms with Gasteiger partial charge in [-0.05, 0) is 87.9 Å². The Labute approximate surface area is 214 Å².